The van der Waals surface area contributed by atoms with Crippen molar-refractivity contribution in [1.29, 1.82) is 0 Å². The number of aliphatic hydroxyl groups excluding tert-OH is 3. The third-order valence-corrected chi connectivity index (χ3v) is 13.1. The number of rotatable bonds is 10. The maximum Gasteiger partial charge on any atom is 0.469 e. The minimum absolute atomic E-state index is 0.132. The maximum absolute atomic E-state index is 11.2. The number of hydrogen-bond acceptors (Lipinski definition) is 7. The number of ether oxygens (including phenoxy) is 2. The van der Waals surface area contributed by atoms with Crippen LogP contribution in [0.5, 0.6) is 0 Å². The van der Waals surface area contributed by atoms with E-state index >= 15 is 0 Å². The van der Waals surface area contributed by atoms with Crippen LogP contribution in [0, 0.1) is 46.3 Å². The summed E-state index contributed by atoms with van der Waals surface area (Å²) in [4.78, 5) is 18.1. The smallest absolute Gasteiger partial charge is 0.387 e. The Morgan fingerprint density at radius 2 is 1.72 bits per heavy atom. The molecule has 4 aliphatic carbocycles. The monoisotopic (exact) mass is 628 g/mol. The Kier molecular flexibility index (Phi) is 10.3. The summed E-state index contributed by atoms with van der Waals surface area (Å²) in [5.41, 5.74) is 2.00. The van der Waals surface area contributed by atoms with Crippen LogP contribution in [-0.2, 0) is 18.6 Å². The van der Waals surface area contributed by atoms with Crippen molar-refractivity contribution < 1.29 is 43.7 Å². The van der Waals surface area contributed by atoms with Gasteiger partial charge in [0.15, 0.2) is 6.29 Å². The molecule has 5 rings (SSSR count). The predicted molar refractivity (Wildman–Crippen MR) is 163 cm³/mol. The van der Waals surface area contributed by atoms with Gasteiger partial charge in [0.1, 0.15) is 24.4 Å². The van der Waals surface area contributed by atoms with Gasteiger partial charge in [0, 0.05) is 0 Å². The largest absolute Gasteiger partial charge is 0.469 e. The molecule has 248 valence electrons. The Morgan fingerprint density at radius 1 is 0.977 bits per heavy atom. The molecule has 0 unspecified atom stereocenters. The fourth-order valence-corrected chi connectivity index (χ4v) is 10.6. The normalized spacial score (nSPS) is 45.7. The molecule has 0 bridgehead atoms. The molecule has 5 N–H and O–H groups in total. The van der Waals surface area contributed by atoms with Crippen LogP contribution >= 0.6 is 7.82 Å². The average molecular weight is 629 g/mol. The molecule has 4 fully saturated rings. The fraction of sp³-hybridized carbons (Fsp3) is 0.939. The molecule has 0 aromatic carbocycles. The average Bonchev–Trinajstić information content (AvgIpc) is 3.29. The highest BCUT2D eigenvalue weighted by molar-refractivity contribution is 7.46. The number of phosphoric acid groups is 1. The summed E-state index contributed by atoms with van der Waals surface area (Å²) in [6.45, 7) is 11.6. The Bertz CT molecular complexity index is 1050. The molecule has 1 heterocycles. The van der Waals surface area contributed by atoms with Gasteiger partial charge in [0.2, 0.25) is 0 Å². The molecule has 0 aromatic rings. The van der Waals surface area contributed by atoms with Gasteiger partial charge < -0.3 is 34.6 Å². The number of allylic oxidation sites excluding steroid dienone is 1. The summed E-state index contributed by atoms with van der Waals surface area (Å²) >= 11 is 0. The first-order chi connectivity index (χ1) is 20.1. The van der Waals surface area contributed by atoms with Crippen LogP contribution in [0.15, 0.2) is 11.6 Å². The predicted octanol–water partition coefficient (Wildman–Crippen LogP) is 5.33. The van der Waals surface area contributed by atoms with E-state index < -0.39 is 45.1 Å². The number of hydrogen-bond donors (Lipinski definition) is 5. The summed E-state index contributed by atoms with van der Waals surface area (Å²) in [5, 5.41) is 31.3. The van der Waals surface area contributed by atoms with E-state index in [2.05, 4.69) is 45.2 Å². The van der Waals surface area contributed by atoms with Crippen molar-refractivity contribution in [3.05, 3.63) is 11.6 Å². The van der Waals surface area contributed by atoms with Gasteiger partial charge in [-0.3, -0.25) is 4.52 Å². The summed E-state index contributed by atoms with van der Waals surface area (Å²) < 4.78 is 27.5. The van der Waals surface area contributed by atoms with Gasteiger partial charge in [-0.1, -0.05) is 65.5 Å². The molecule has 13 atom stereocenters. The van der Waals surface area contributed by atoms with Gasteiger partial charge in [-0.15, -0.1) is 0 Å². The van der Waals surface area contributed by atoms with Crippen LogP contribution in [0.4, 0.5) is 0 Å². The van der Waals surface area contributed by atoms with E-state index in [0.717, 1.165) is 55.3 Å². The topological polar surface area (TPSA) is 146 Å². The molecular weight excluding hydrogens is 571 g/mol. The third-order valence-electron chi connectivity index (χ3n) is 12.7. The van der Waals surface area contributed by atoms with Crippen molar-refractivity contribution in [2.75, 3.05) is 6.61 Å². The lowest BCUT2D eigenvalue weighted by Gasteiger charge is -2.58. The molecule has 43 heavy (non-hydrogen) atoms. The van der Waals surface area contributed by atoms with Crippen LogP contribution < -0.4 is 0 Å². The lowest BCUT2D eigenvalue weighted by atomic mass is 9.47. The Balaban J connectivity index is 1.22. The first kappa shape index (κ1) is 34.0. The van der Waals surface area contributed by atoms with Crippen LogP contribution in [0.25, 0.3) is 0 Å². The molecular formula is C33H57O9P. The van der Waals surface area contributed by atoms with Gasteiger partial charge in [-0.25, -0.2) is 4.57 Å². The Hall–Kier alpha value is -0.350. The maximum atomic E-state index is 11.2. The van der Waals surface area contributed by atoms with E-state index in [1.807, 2.05) is 0 Å². The summed E-state index contributed by atoms with van der Waals surface area (Å²) in [6, 6.07) is 0. The second-order valence-corrected chi connectivity index (χ2v) is 16.8. The van der Waals surface area contributed by atoms with Crippen LogP contribution in [0.2, 0.25) is 0 Å². The zero-order chi connectivity index (χ0) is 31.3. The van der Waals surface area contributed by atoms with Gasteiger partial charge >= 0.3 is 7.82 Å². The summed E-state index contributed by atoms with van der Waals surface area (Å²) in [6.07, 6.45) is 8.14. The van der Waals surface area contributed by atoms with Crippen molar-refractivity contribution >= 4 is 7.82 Å². The van der Waals surface area contributed by atoms with Crippen molar-refractivity contribution in [3.8, 4) is 0 Å². The first-order valence-corrected chi connectivity index (χ1v) is 18.4. The third kappa shape index (κ3) is 6.87. The van der Waals surface area contributed by atoms with Crippen molar-refractivity contribution in [3.63, 3.8) is 0 Å². The van der Waals surface area contributed by atoms with E-state index in [4.69, 9.17) is 19.3 Å². The quantitative estimate of drug-likeness (QED) is 0.160. The van der Waals surface area contributed by atoms with E-state index in [0.29, 0.717) is 11.3 Å². The van der Waals surface area contributed by atoms with E-state index in [1.165, 1.54) is 50.5 Å². The molecule has 0 radical (unpaired) electrons. The Morgan fingerprint density at radius 3 is 2.42 bits per heavy atom. The highest BCUT2D eigenvalue weighted by Crippen LogP contribution is 2.67. The highest BCUT2D eigenvalue weighted by Gasteiger charge is 2.59. The van der Waals surface area contributed by atoms with Crippen LogP contribution in [-0.4, -0.2) is 68.5 Å². The number of phosphoric ester groups is 1. The Labute approximate surface area is 258 Å². The second kappa shape index (κ2) is 13.0. The summed E-state index contributed by atoms with van der Waals surface area (Å²) in [7, 11) is -4.80. The van der Waals surface area contributed by atoms with E-state index in [-0.39, 0.29) is 11.5 Å². The van der Waals surface area contributed by atoms with Crippen molar-refractivity contribution in [2.45, 2.75) is 142 Å². The minimum Gasteiger partial charge on any atom is -0.387 e. The molecule has 1 aliphatic heterocycles. The number of fused-ring (bicyclic) bond motifs is 5. The van der Waals surface area contributed by atoms with Gasteiger partial charge in [-0.05, 0) is 97.7 Å². The molecule has 3 saturated carbocycles. The molecule has 0 aromatic heterocycles. The van der Waals surface area contributed by atoms with Gasteiger partial charge in [-0.2, -0.15) is 0 Å². The van der Waals surface area contributed by atoms with Crippen molar-refractivity contribution in [2.24, 2.45) is 46.3 Å². The lowest BCUT2D eigenvalue weighted by Crippen LogP contribution is -2.60. The molecule has 5 aliphatic rings. The second-order valence-electron chi connectivity index (χ2n) is 15.6. The van der Waals surface area contributed by atoms with Crippen LogP contribution in [0.1, 0.15) is 105 Å². The van der Waals surface area contributed by atoms with E-state index in [1.54, 1.807) is 0 Å². The molecule has 0 spiro atoms. The zero-order valence-electron chi connectivity index (χ0n) is 26.8. The SMILES string of the molecule is CC(C)CCC[C@@H](C)[C@H]1CC[C@H]2[C@@H]3CC=C4C[C@@H](O[C@H]5O[C@H](COP(=O)(O)O)[C@H](O)[C@H](O)[C@@H]5O)CC[C@]4(C)[C@H]3CC[C@]12C. The molecule has 1 saturated heterocycles. The molecule has 10 heteroatoms. The number of aliphatic hydroxyl groups is 3. The van der Waals surface area contributed by atoms with Crippen molar-refractivity contribution in [1.82, 2.24) is 0 Å². The zero-order valence-corrected chi connectivity index (χ0v) is 27.7. The van der Waals surface area contributed by atoms with Crippen LogP contribution in [0.3, 0.4) is 0 Å². The summed E-state index contributed by atoms with van der Waals surface area (Å²) in [5.74, 6) is 4.60. The molecule has 9 nitrogen and oxygen atoms in total. The fourth-order valence-electron chi connectivity index (χ4n) is 10.3. The lowest BCUT2D eigenvalue weighted by molar-refractivity contribution is -0.312. The minimum atomic E-state index is -4.80. The van der Waals surface area contributed by atoms with Gasteiger partial charge in [0.05, 0.1) is 12.7 Å². The molecule has 0 amide bonds. The first-order valence-electron chi connectivity index (χ1n) is 16.9. The van der Waals surface area contributed by atoms with Gasteiger partial charge in [0.25, 0.3) is 0 Å². The van der Waals surface area contributed by atoms with E-state index in [9.17, 15) is 19.9 Å². The highest BCUT2D eigenvalue weighted by atomic mass is 31.2. The standard InChI is InChI=1S/C33H57O9P/c1-19(2)7-6-8-20(3)24-11-12-25-23-10-9-21-17-22(13-15-32(21,4)26(23)14-16-33(24,25)5)41-31-30(36)29(35)28(34)27(42-31)18-40-43(37,38)39/h9,19-20,22-31,34-36H,6-8,10-18H2,1-5H3,(H2,37,38,39)/t20-,22+,23+,24-,25+,26+,27-,28+,29+,30+,31+,32+,33-/m1/s1.